The van der Waals surface area contributed by atoms with Crippen molar-refractivity contribution < 1.29 is 17.8 Å². The molecular formula is C15H18N2O4S2. The summed E-state index contributed by atoms with van der Waals surface area (Å²) in [5, 5.41) is 1.45. The first kappa shape index (κ1) is 16.4. The fourth-order valence-corrected chi connectivity index (χ4v) is 4.74. The number of rotatable bonds is 5. The summed E-state index contributed by atoms with van der Waals surface area (Å²) in [5.74, 6) is -0.540. The van der Waals surface area contributed by atoms with Crippen LogP contribution in [0.1, 0.15) is 32.1 Å². The Balaban J connectivity index is 1.77. The number of amides is 1. The van der Waals surface area contributed by atoms with Crippen LogP contribution in [0.25, 0.3) is 10.2 Å². The largest absolute Gasteiger partial charge is 0.301 e. The molecule has 2 aromatic rings. The van der Waals surface area contributed by atoms with E-state index < -0.39 is 21.3 Å². The van der Waals surface area contributed by atoms with Crippen molar-refractivity contribution in [3.63, 3.8) is 0 Å². The Bertz CT molecular complexity index is 777. The molecule has 3 rings (SSSR count). The SMILES string of the molecule is O=C(Nc1nc2ccccc2s1)[C@H](CC1CCCC1)S(=O)(=O)O. The summed E-state index contributed by atoms with van der Waals surface area (Å²) in [6, 6.07) is 7.41. The molecular weight excluding hydrogens is 336 g/mol. The average Bonchev–Trinajstić information content (AvgIpc) is 3.11. The van der Waals surface area contributed by atoms with E-state index in [0.29, 0.717) is 5.13 Å². The first-order valence-electron chi connectivity index (χ1n) is 7.56. The third-order valence-electron chi connectivity index (χ3n) is 4.20. The van der Waals surface area contributed by atoms with Gasteiger partial charge in [0, 0.05) is 0 Å². The van der Waals surface area contributed by atoms with E-state index in [-0.39, 0.29) is 12.3 Å². The van der Waals surface area contributed by atoms with Crippen LogP contribution in [0.3, 0.4) is 0 Å². The number of benzene rings is 1. The maximum absolute atomic E-state index is 12.3. The second-order valence-corrected chi connectivity index (χ2v) is 8.50. The molecule has 1 amide bonds. The van der Waals surface area contributed by atoms with Gasteiger partial charge in [0.2, 0.25) is 5.91 Å². The van der Waals surface area contributed by atoms with Crippen LogP contribution in [-0.4, -0.2) is 29.1 Å². The Morgan fingerprint density at radius 1 is 1.35 bits per heavy atom. The predicted molar refractivity (Wildman–Crippen MR) is 90.2 cm³/mol. The van der Waals surface area contributed by atoms with Crippen molar-refractivity contribution in [3.8, 4) is 0 Å². The van der Waals surface area contributed by atoms with Crippen LogP contribution < -0.4 is 5.32 Å². The molecule has 0 spiro atoms. The molecule has 6 nitrogen and oxygen atoms in total. The number of hydrogen-bond donors (Lipinski definition) is 2. The molecule has 1 fully saturated rings. The second kappa shape index (κ2) is 6.54. The molecule has 0 aliphatic heterocycles. The van der Waals surface area contributed by atoms with E-state index in [9.17, 15) is 17.8 Å². The standard InChI is InChI=1S/C15H18N2O4S2/c18-14(13(23(19,20)21)9-10-5-1-2-6-10)17-15-16-11-7-3-4-8-12(11)22-15/h3-4,7-8,10,13H,1-2,5-6,9H2,(H,16,17,18)(H,19,20,21)/t13-/m0/s1. The Morgan fingerprint density at radius 2 is 2.04 bits per heavy atom. The molecule has 1 heterocycles. The van der Waals surface area contributed by atoms with Gasteiger partial charge >= 0.3 is 0 Å². The monoisotopic (exact) mass is 354 g/mol. The summed E-state index contributed by atoms with van der Waals surface area (Å²) in [4.78, 5) is 16.6. The summed E-state index contributed by atoms with van der Waals surface area (Å²) >= 11 is 1.28. The lowest BCUT2D eigenvalue weighted by atomic mass is 10.0. The third-order valence-corrected chi connectivity index (χ3v) is 6.28. The van der Waals surface area contributed by atoms with Crippen molar-refractivity contribution in [2.45, 2.75) is 37.4 Å². The average molecular weight is 354 g/mol. The molecule has 0 saturated heterocycles. The number of para-hydroxylation sites is 1. The minimum atomic E-state index is -4.44. The van der Waals surface area contributed by atoms with Crippen LogP contribution in [0.2, 0.25) is 0 Å². The number of carbonyl (C=O) groups excluding carboxylic acids is 1. The van der Waals surface area contributed by atoms with E-state index in [2.05, 4.69) is 10.3 Å². The number of anilines is 1. The Hall–Kier alpha value is -1.51. The van der Waals surface area contributed by atoms with Crippen molar-refractivity contribution >= 4 is 42.7 Å². The summed E-state index contributed by atoms with van der Waals surface area (Å²) in [6.45, 7) is 0. The van der Waals surface area contributed by atoms with Gasteiger partial charge in [0.15, 0.2) is 10.4 Å². The number of thiazole rings is 1. The molecule has 124 valence electrons. The van der Waals surface area contributed by atoms with E-state index in [4.69, 9.17) is 0 Å². The molecule has 8 heteroatoms. The number of aromatic nitrogens is 1. The van der Waals surface area contributed by atoms with E-state index >= 15 is 0 Å². The van der Waals surface area contributed by atoms with Crippen LogP contribution in [0.5, 0.6) is 0 Å². The van der Waals surface area contributed by atoms with Crippen LogP contribution in [0.4, 0.5) is 5.13 Å². The van der Waals surface area contributed by atoms with Gasteiger partial charge in [-0.05, 0) is 24.5 Å². The smallest absolute Gasteiger partial charge is 0.276 e. The maximum Gasteiger partial charge on any atom is 0.276 e. The van der Waals surface area contributed by atoms with E-state index in [0.717, 1.165) is 35.9 Å². The summed E-state index contributed by atoms with van der Waals surface area (Å²) in [5.41, 5.74) is 0.743. The number of nitrogens with zero attached hydrogens (tertiary/aromatic N) is 1. The first-order valence-corrected chi connectivity index (χ1v) is 9.88. The Kier molecular flexibility index (Phi) is 4.65. The Labute approximate surface area is 138 Å². The minimum Gasteiger partial charge on any atom is -0.301 e. The molecule has 1 aliphatic carbocycles. The highest BCUT2D eigenvalue weighted by Gasteiger charge is 2.34. The molecule has 1 atom stereocenters. The van der Waals surface area contributed by atoms with Gasteiger partial charge < -0.3 is 5.32 Å². The number of fused-ring (bicyclic) bond motifs is 1. The summed E-state index contributed by atoms with van der Waals surface area (Å²) in [6.07, 6.45) is 4.06. The fraction of sp³-hybridized carbons (Fsp3) is 0.467. The van der Waals surface area contributed by atoms with Crippen LogP contribution in [0.15, 0.2) is 24.3 Å². The van der Waals surface area contributed by atoms with E-state index in [1.165, 1.54) is 11.3 Å². The molecule has 0 bridgehead atoms. The second-order valence-electron chi connectivity index (χ2n) is 5.87. The zero-order chi connectivity index (χ0) is 16.4. The van der Waals surface area contributed by atoms with Crippen molar-refractivity contribution in [3.05, 3.63) is 24.3 Å². The molecule has 1 aliphatic rings. The number of hydrogen-bond acceptors (Lipinski definition) is 5. The molecule has 1 saturated carbocycles. The van der Waals surface area contributed by atoms with Gasteiger partial charge in [0.25, 0.3) is 10.1 Å². The van der Waals surface area contributed by atoms with Gasteiger partial charge in [-0.3, -0.25) is 9.35 Å². The van der Waals surface area contributed by atoms with Gasteiger partial charge in [0.1, 0.15) is 0 Å². The lowest BCUT2D eigenvalue weighted by Crippen LogP contribution is -2.36. The van der Waals surface area contributed by atoms with E-state index in [1.807, 2.05) is 24.3 Å². The molecule has 0 radical (unpaired) electrons. The van der Waals surface area contributed by atoms with Crippen molar-refractivity contribution in [1.82, 2.24) is 4.98 Å². The maximum atomic E-state index is 12.3. The third kappa shape index (κ3) is 3.88. The molecule has 1 aromatic heterocycles. The van der Waals surface area contributed by atoms with Crippen LogP contribution in [-0.2, 0) is 14.9 Å². The van der Waals surface area contributed by atoms with Crippen LogP contribution in [0, 0.1) is 5.92 Å². The van der Waals surface area contributed by atoms with Gasteiger partial charge in [-0.2, -0.15) is 8.42 Å². The lowest BCUT2D eigenvalue weighted by Gasteiger charge is -2.16. The van der Waals surface area contributed by atoms with Gasteiger partial charge in [-0.1, -0.05) is 49.2 Å². The Morgan fingerprint density at radius 3 is 2.70 bits per heavy atom. The molecule has 1 aromatic carbocycles. The first-order chi connectivity index (χ1) is 10.9. The number of nitrogens with one attached hydrogen (secondary N) is 1. The number of carbonyl (C=O) groups is 1. The highest BCUT2D eigenvalue weighted by Crippen LogP contribution is 2.31. The van der Waals surface area contributed by atoms with Crippen molar-refractivity contribution in [2.24, 2.45) is 5.92 Å². The van der Waals surface area contributed by atoms with Gasteiger partial charge in [-0.25, -0.2) is 4.98 Å². The minimum absolute atomic E-state index is 0.162. The summed E-state index contributed by atoms with van der Waals surface area (Å²) in [7, 11) is -4.44. The summed E-state index contributed by atoms with van der Waals surface area (Å²) < 4.78 is 33.5. The van der Waals surface area contributed by atoms with Crippen LogP contribution >= 0.6 is 11.3 Å². The zero-order valence-corrected chi connectivity index (χ0v) is 14.1. The molecule has 2 N–H and O–H groups in total. The molecule has 0 unspecified atom stereocenters. The van der Waals surface area contributed by atoms with Crippen molar-refractivity contribution in [1.29, 1.82) is 0 Å². The van der Waals surface area contributed by atoms with Gasteiger partial charge in [0.05, 0.1) is 10.2 Å². The quantitative estimate of drug-likeness (QED) is 0.804. The normalized spacial score (nSPS) is 17.4. The fourth-order valence-electron chi connectivity index (χ4n) is 3.02. The van der Waals surface area contributed by atoms with E-state index in [1.54, 1.807) is 0 Å². The topological polar surface area (TPSA) is 96.4 Å². The predicted octanol–water partition coefficient (Wildman–Crippen LogP) is 3.07. The highest BCUT2D eigenvalue weighted by molar-refractivity contribution is 7.87. The van der Waals surface area contributed by atoms with Gasteiger partial charge in [-0.15, -0.1) is 0 Å². The molecule has 23 heavy (non-hydrogen) atoms. The highest BCUT2D eigenvalue weighted by atomic mass is 32.2. The van der Waals surface area contributed by atoms with Crippen molar-refractivity contribution in [2.75, 3.05) is 5.32 Å². The zero-order valence-electron chi connectivity index (χ0n) is 12.4. The lowest BCUT2D eigenvalue weighted by molar-refractivity contribution is -0.116.